The van der Waals surface area contributed by atoms with E-state index in [4.69, 9.17) is 11.6 Å². The van der Waals surface area contributed by atoms with Crippen LogP contribution in [0.3, 0.4) is 0 Å². The zero-order valence-corrected chi connectivity index (χ0v) is 8.59. The second kappa shape index (κ2) is 2.97. The highest BCUT2D eigenvalue weighted by Crippen LogP contribution is 2.35. The Kier molecular flexibility index (Phi) is 2.06. The lowest BCUT2D eigenvalue weighted by atomic mass is 10.1. The summed E-state index contributed by atoms with van der Waals surface area (Å²) in [4.78, 5) is 11.1. The first-order chi connectivity index (χ1) is 6.09. The molecule has 0 fully saturated rings. The van der Waals surface area contributed by atoms with E-state index in [9.17, 15) is 9.90 Å². The van der Waals surface area contributed by atoms with Gasteiger partial charge in [0.1, 0.15) is 0 Å². The van der Waals surface area contributed by atoms with Crippen LogP contribution in [0.15, 0.2) is 16.6 Å². The van der Waals surface area contributed by atoms with Crippen LogP contribution in [0.5, 0.6) is 0 Å². The van der Waals surface area contributed by atoms with E-state index >= 15 is 0 Å². The van der Waals surface area contributed by atoms with Gasteiger partial charge >= 0.3 is 5.97 Å². The number of carbonyl (C=O) groups excluding carboxylic acids is 1. The number of hydrogen-bond acceptors (Lipinski definition) is 3. The molecule has 1 aliphatic heterocycles. The zero-order chi connectivity index (χ0) is 9.59. The maximum Gasteiger partial charge on any atom is 0.342 e. The van der Waals surface area contributed by atoms with Crippen LogP contribution in [0.2, 0.25) is 5.02 Å². The molecule has 1 aliphatic rings. The number of cyclic esters (lactones) is 1. The Labute approximate surface area is 87.4 Å². The van der Waals surface area contributed by atoms with E-state index in [1.807, 2.05) is 0 Å². The molecule has 1 N–H and O–H groups in total. The minimum Gasteiger partial charge on any atom is -0.428 e. The number of aliphatic hydroxyl groups is 1. The quantitative estimate of drug-likeness (QED) is 0.730. The minimum absolute atomic E-state index is 0.248. The third-order valence-electron chi connectivity index (χ3n) is 1.77. The highest BCUT2D eigenvalue weighted by atomic mass is 79.9. The molecule has 0 radical (unpaired) electrons. The van der Waals surface area contributed by atoms with Crippen molar-refractivity contribution in [2.45, 2.75) is 6.29 Å². The zero-order valence-electron chi connectivity index (χ0n) is 6.25. The molecule has 0 spiro atoms. The van der Waals surface area contributed by atoms with E-state index < -0.39 is 12.3 Å². The maximum absolute atomic E-state index is 11.1. The van der Waals surface area contributed by atoms with Crippen LogP contribution < -0.4 is 0 Å². The van der Waals surface area contributed by atoms with E-state index in [1.54, 1.807) is 12.1 Å². The molecule has 1 unspecified atom stereocenters. The topological polar surface area (TPSA) is 46.5 Å². The fourth-order valence-electron chi connectivity index (χ4n) is 1.23. The summed E-state index contributed by atoms with van der Waals surface area (Å²) in [7, 11) is 0. The van der Waals surface area contributed by atoms with E-state index in [1.165, 1.54) is 0 Å². The third kappa shape index (κ3) is 1.35. The maximum atomic E-state index is 11.1. The smallest absolute Gasteiger partial charge is 0.342 e. The van der Waals surface area contributed by atoms with Crippen LogP contribution in [-0.4, -0.2) is 11.1 Å². The van der Waals surface area contributed by atoms with Crippen molar-refractivity contribution in [3.63, 3.8) is 0 Å². The Morgan fingerprint density at radius 3 is 2.92 bits per heavy atom. The van der Waals surface area contributed by atoms with Gasteiger partial charge < -0.3 is 9.84 Å². The molecule has 0 bridgehead atoms. The van der Waals surface area contributed by atoms with Crippen molar-refractivity contribution in [3.05, 3.63) is 32.8 Å². The van der Waals surface area contributed by atoms with Crippen molar-refractivity contribution in [1.29, 1.82) is 0 Å². The van der Waals surface area contributed by atoms with Gasteiger partial charge in [-0.05, 0) is 12.1 Å². The summed E-state index contributed by atoms with van der Waals surface area (Å²) in [5, 5.41) is 9.56. The van der Waals surface area contributed by atoms with Gasteiger partial charge in [0.15, 0.2) is 0 Å². The summed E-state index contributed by atoms with van der Waals surface area (Å²) in [5.41, 5.74) is 0.654. The number of halogens is 2. The highest BCUT2D eigenvalue weighted by Gasteiger charge is 2.31. The first-order valence-electron chi connectivity index (χ1n) is 3.47. The Bertz CT molecular complexity index is 391. The summed E-state index contributed by atoms with van der Waals surface area (Å²) in [6.07, 6.45) is -1.20. The standard InChI is InChI=1S/C8H4BrClO3/c9-3-1-4-6(5(10)2-3)8(12)13-7(4)11/h1-2,7,11H. The molecule has 5 heteroatoms. The van der Waals surface area contributed by atoms with Crippen molar-refractivity contribution < 1.29 is 14.6 Å². The lowest BCUT2D eigenvalue weighted by Crippen LogP contribution is -1.96. The molecule has 3 nitrogen and oxygen atoms in total. The van der Waals surface area contributed by atoms with Gasteiger partial charge in [0, 0.05) is 10.0 Å². The van der Waals surface area contributed by atoms with Gasteiger partial charge in [-0.25, -0.2) is 4.79 Å². The fraction of sp³-hybridized carbons (Fsp3) is 0.125. The number of benzene rings is 1. The van der Waals surface area contributed by atoms with Crippen molar-refractivity contribution in [2.75, 3.05) is 0 Å². The van der Waals surface area contributed by atoms with Crippen LogP contribution >= 0.6 is 27.5 Å². The number of rotatable bonds is 0. The van der Waals surface area contributed by atoms with E-state index in [0.717, 1.165) is 0 Å². The molecule has 0 aliphatic carbocycles. The monoisotopic (exact) mass is 262 g/mol. The predicted molar refractivity (Wildman–Crippen MR) is 49.5 cm³/mol. The van der Waals surface area contributed by atoms with Crippen LogP contribution in [-0.2, 0) is 4.74 Å². The molecule has 0 aromatic heterocycles. The number of ether oxygens (including phenoxy) is 1. The van der Waals surface area contributed by atoms with Crippen LogP contribution in [0.1, 0.15) is 22.2 Å². The first kappa shape index (κ1) is 8.99. The summed E-state index contributed by atoms with van der Waals surface area (Å²) in [6.45, 7) is 0. The molecule has 13 heavy (non-hydrogen) atoms. The lowest BCUT2D eigenvalue weighted by molar-refractivity contribution is -0.0547. The second-order valence-corrected chi connectivity index (χ2v) is 3.93. The predicted octanol–water partition coefficient (Wildman–Crippen LogP) is 2.26. The number of aliphatic hydroxyl groups excluding tert-OH is 1. The average molecular weight is 263 g/mol. The largest absolute Gasteiger partial charge is 0.428 e. The Hall–Kier alpha value is -0.580. The SMILES string of the molecule is O=C1OC(O)c2cc(Br)cc(Cl)c21. The molecule has 1 aromatic rings. The summed E-state index contributed by atoms with van der Waals surface area (Å²) in [5.74, 6) is -0.583. The van der Waals surface area contributed by atoms with Gasteiger partial charge in [-0.15, -0.1) is 0 Å². The van der Waals surface area contributed by atoms with E-state index in [-0.39, 0.29) is 10.6 Å². The Morgan fingerprint density at radius 1 is 1.54 bits per heavy atom. The van der Waals surface area contributed by atoms with Crippen molar-refractivity contribution in [3.8, 4) is 0 Å². The molecule has 2 rings (SSSR count). The van der Waals surface area contributed by atoms with Gasteiger partial charge in [0.2, 0.25) is 6.29 Å². The van der Waals surface area contributed by atoms with E-state index in [0.29, 0.717) is 10.0 Å². The molecule has 68 valence electrons. The highest BCUT2D eigenvalue weighted by molar-refractivity contribution is 9.10. The third-order valence-corrected chi connectivity index (χ3v) is 2.53. The van der Waals surface area contributed by atoms with E-state index in [2.05, 4.69) is 20.7 Å². The molecule has 0 saturated carbocycles. The van der Waals surface area contributed by atoms with Gasteiger partial charge in [-0.3, -0.25) is 0 Å². The number of hydrogen-bond donors (Lipinski definition) is 1. The van der Waals surface area contributed by atoms with Crippen LogP contribution in [0.25, 0.3) is 0 Å². The molecule has 0 amide bonds. The first-order valence-corrected chi connectivity index (χ1v) is 4.64. The number of carbonyl (C=O) groups is 1. The molecular formula is C8H4BrClO3. The van der Waals surface area contributed by atoms with Crippen molar-refractivity contribution in [1.82, 2.24) is 0 Å². The molecular weight excluding hydrogens is 259 g/mol. The lowest BCUT2D eigenvalue weighted by Gasteiger charge is -2.01. The summed E-state index contributed by atoms with van der Waals surface area (Å²) < 4.78 is 5.28. The molecule has 1 atom stereocenters. The van der Waals surface area contributed by atoms with Crippen LogP contribution in [0.4, 0.5) is 0 Å². The normalized spacial score (nSPS) is 19.9. The number of fused-ring (bicyclic) bond motifs is 1. The van der Waals surface area contributed by atoms with Crippen LogP contribution in [0, 0.1) is 0 Å². The Morgan fingerprint density at radius 2 is 2.23 bits per heavy atom. The second-order valence-electron chi connectivity index (χ2n) is 2.61. The number of esters is 1. The molecule has 1 heterocycles. The van der Waals surface area contributed by atoms with Gasteiger partial charge in [-0.1, -0.05) is 27.5 Å². The van der Waals surface area contributed by atoms with Crippen molar-refractivity contribution in [2.24, 2.45) is 0 Å². The summed E-state index contributed by atoms with van der Waals surface area (Å²) in [6, 6.07) is 3.19. The summed E-state index contributed by atoms with van der Waals surface area (Å²) >= 11 is 8.99. The van der Waals surface area contributed by atoms with Gasteiger partial charge in [0.05, 0.1) is 10.6 Å². The molecule has 1 aromatic carbocycles. The van der Waals surface area contributed by atoms with Gasteiger partial charge in [-0.2, -0.15) is 0 Å². The minimum atomic E-state index is -1.20. The van der Waals surface area contributed by atoms with Crippen molar-refractivity contribution >= 4 is 33.5 Å². The van der Waals surface area contributed by atoms with Gasteiger partial charge in [0.25, 0.3) is 0 Å². The Balaban J connectivity index is 2.69. The molecule has 0 saturated heterocycles. The fourth-order valence-corrected chi connectivity index (χ4v) is 2.14. The average Bonchev–Trinajstić information content (AvgIpc) is 2.27.